The fourth-order valence-electron chi connectivity index (χ4n) is 4.86. The van der Waals surface area contributed by atoms with Crippen molar-refractivity contribution in [3.63, 3.8) is 0 Å². The number of carbonyl (C=O) groups is 1. The second-order valence-corrected chi connectivity index (χ2v) is 18.8. The fourth-order valence-corrected chi connectivity index (χ4v) is 6.27. The third-order valence-corrected chi connectivity index (χ3v) is 10.9. The standard InChI is InChI=1S/C6H7NO.C6H9N.C6H7N.C6H2.C5H8N2.C5H6N2.C5H7NO.C5H7NS.C5H7N.C4H6N2.C4H5NOS.C4H5NO.C4H5NS.C4H5N/c8-6-2-1-4-7-5-3-6;2*1-2-4-6-7-5-3-1;1-3-5-6-4-2;2*1-2-6-4-5-7-3-1;2*1-2-6-3-5-7-4-1;1-2-4-6-5-3-1;1-2-6-4-3-5-1;6-7-3-1-5-2-4-7;2*1-3-6-4-2-5-1;1-2-4-5-3-1/h1,3-5,7H,2H2;3-7H,1-2H2;1-7H;1-2H;1-2,4-7H,3H2;1-6H;2*1-3,5-6H,4H2;2-6H,1H2;1-6H;1-5H;2*1-5H;1-5H. The first-order chi connectivity index (χ1) is 45.7. The molecule has 0 fully saturated rings. The van der Waals surface area contributed by atoms with Gasteiger partial charge in [0.15, 0.2) is 5.78 Å². The number of aliphatic imine (C=N–C) groups is 1. The SMILES string of the molecule is C#CC#CC#C.C1=CC=CNC=C1.C1=CNC=CC1.C1=CNC=CCC1.C1=CNC=CN1.C1=CNC=CN=C1.C1=CNC=CNC1.C1=CNC=COC1.C1=CNC=CSC1.C1=COC=CN1.C1=CSC=CN1.O=C1C=CNC=CC1.O=S1C=CNC=C1.c1cc[nH]c1. The topological polar surface area (TPSA) is 249 Å². The third-order valence-electron chi connectivity index (χ3n) is 8.77. The highest BCUT2D eigenvalue weighted by Gasteiger charge is 1.92. The van der Waals surface area contributed by atoms with E-state index >= 15 is 0 Å². The molecule has 1 aromatic rings. The van der Waals surface area contributed by atoms with Gasteiger partial charge in [0.2, 0.25) is 0 Å². The Bertz CT molecular complexity index is 2570. The van der Waals surface area contributed by atoms with E-state index in [1.54, 1.807) is 121 Å². The number of hydrogen-bond donors (Lipinski definition) is 15. The van der Waals surface area contributed by atoms with E-state index in [0.717, 1.165) is 18.7 Å². The molecule has 1 aromatic heterocycles. The summed E-state index contributed by atoms with van der Waals surface area (Å²) in [5, 5.41) is 49.6. The lowest BCUT2D eigenvalue weighted by Gasteiger charge is -1.95. The van der Waals surface area contributed by atoms with E-state index in [1.165, 1.54) is 18.9 Å². The molecule has 12 aliphatic heterocycles. The van der Waals surface area contributed by atoms with Crippen molar-refractivity contribution < 1.29 is 18.5 Å². The zero-order chi connectivity index (χ0) is 66.0. The van der Waals surface area contributed by atoms with Crippen LogP contribution in [0.3, 0.4) is 0 Å². The second kappa shape index (κ2) is 75.5. The Kier molecular flexibility index (Phi) is 66.1. The Morgan fingerprint density at radius 1 is 0.467 bits per heavy atom. The number of nitrogens with one attached hydrogen (secondary N) is 15. The van der Waals surface area contributed by atoms with Crippen LogP contribution in [0.2, 0.25) is 0 Å². The Morgan fingerprint density at radius 2 is 0.967 bits per heavy atom. The van der Waals surface area contributed by atoms with Gasteiger partial charge in [0, 0.05) is 172 Å². The molecule has 23 heteroatoms. The zero-order valence-corrected chi connectivity index (χ0v) is 53.6. The average Bonchev–Trinajstić information content (AvgIpc) is 4.36. The zero-order valence-electron chi connectivity index (χ0n) is 51.2. The van der Waals surface area contributed by atoms with Crippen LogP contribution in [0.25, 0.3) is 0 Å². The first-order valence-electron chi connectivity index (χ1n) is 28.1. The van der Waals surface area contributed by atoms with Crippen LogP contribution >= 0.6 is 23.5 Å². The molecule has 0 atom stereocenters. The number of H-pyrrole nitrogens is 1. The molecule has 0 saturated carbocycles. The summed E-state index contributed by atoms with van der Waals surface area (Å²) >= 11 is 3.46. The number of rotatable bonds is 0. The lowest BCUT2D eigenvalue weighted by atomic mass is 10.3. The normalized spacial score (nSPS) is 15.8. The monoisotopic (exact) mass is 1300 g/mol. The molecule has 0 unspecified atom stereocenters. The maximum absolute atomic E-state index is 10.5. The molecular formula is C69H86N16O4S3. The Balaban J connectivity index is 0.000000970. The van der Waals surface area contributed by atoms with Crippen molar-refractivity contribution in [3.8, 4) is 36.5 Å². The number of ketones is 1. The lowest BCUT2D eigenvalue weighted by Crippen LogP contribution is -2.05. The number of carbonyl (C=O) groups excluding carboxylic acids is 1. The van der Waals surface area contributed by atoms with E-state index in [4.69, 9.17) is 17.6 Å². The number of nitrogens with zero attached hydrogens (tertiary/aromatic N) is 1. The highest BCUT2D eigenvalue weighted by molar-refractivity contribution is 8.04. The maximum Gasteiger partial charge on any atom is 0.160 e. The minimum atomic E-state index is -0.864. The van der Waals surface area contributed by atoms with Gasteiger partial charge in [0.1, 0.15) is 19.1 Å². The van der Waals surface area contributed by atoms with Crippen LogP contribution in [-0.2, 0) is 25.1 Å². The quantitative estimate of drug-likeness (QED) is 0.108. The molecule has 12 aliphatic rings. The molecule has 0 amide bonds. The molecule has 0 spiro atoms. The third kappa shape index (κ3) is 74.6. The number of aromatic nitrogens is 1. The summed E-state index contributed by atoms with van der Waals surface area (Å²) in [5.74, 6) is 9.84. The van der Waals surface area contributed by atoms with Crippen molar-refractivity contribution in [2.45, 2.75) is 25.7 Å². The number of ether oxygens (including phenoxy) is 2. The molecule has 13 rings (SSSR count). The van der Waals surface area contributed by atoms with E-state index in [1.807, 2.05) is 201 Å². The minimum absolute atomic E-state index is 0.145. The van der Waals surface area contributed by atoms with Gasteiger partial charge in [-0.15, -0.1) is 36.4 Å². The van der Waals surface area contributed by atoms with Crippen molar-refractivity contribution in [1.82, 2.24) is 79.4 Å². The van der Waals surface area contributed by atoms with Crippen LogP contribution in [-0.4, -0.2) is 40.1 Å². The molecule has 15 N–H and O–H groups in total. The van der Waals surface area contributed by atoms with Crippen LogP contribution in [0, 0.1) is 36.5 Å². The summed E-state index contributed by atoms with van der Waals surface area (Å²) < 4.78 is 19.9. The fraction of sp³-hybridized carbons (Fsp3) is 0.101. The highest BCUT2D eigenvalue weighted by Crippen LogP contribution is 2.04. The molecule has 13 heterocycles. The number of thioether (sulfide) groups is 2. The van der Waals surface area contributed by atoms with Gasteiger partial charge in [0.05, 0.1) is 17.1 Å². The molecule has 20 nitrogen and oxygen atoms in total. The molecule has 484 valence electrons. The molecular weight excluding hydrogens is 1210 g/mol. The first kappa shape index (κ1) is 80.4. The number of hydrogen-bond acceptors (Lipinski definition) is 21. The summed E-state index contributed by atoms with van der Waals surface area (Å²) in [6.07, 6.45) is 102. The Morgan fingerprint density at radius 3 is 1.51 bits per heavy atom. The van der Waals surface area contributed by atoms with Gasteiger partial charge in [-0.25, -0.2) is 0 Å². The van der Waals surface area contributed by atoms with E-state index in [-0.39, 0.29) is 5.78 Å². The van der Waals surface area contributed by atoms with Crippen molar-refractivity contribution in [3.05, 3.63) is 329 Å². The van der Waals surface area contributed by atoms with Crippen molar-refractivity contribution in [1.29, 1.82) is 0 Å². The summed E-state index contributed by atoms with van der Waals surface area (Å²) in [4.78, 5) is 17.2. The highest BCUT2D eigenvalue weighted by atomic mass is 32.2. The largest absolute Gasteiger partial charge is 0.496 e. The molecule has 0 aliphatic carbocycles. The predicted octanol–water partition coefficient (Wildman–Crippen LogP) is 10.3. The summed E-state index contributed by atoms with van der Waals surface area (Å²) in [5.41, 5.74) is 0. The van der Waals surface area contributed by atoms with Gasteiger partial charge in [-0.2, -0.15) is 0 Å². The van der Waals surface area contributed by atoms with Gasteiger partial charge in [-0.05, 0) is 157 Å². The predicted molar refractivity (Wildman–Crippen MR) is 391 cm³/mol. The first-order valence-corrected chi connectivity index (χ1v) is 31.4. The van der Waals surface area contributed by atoms with Crippen LogP contribution in [0.1, 0.15) is 25.7 Å². The number of aromatic amines is 1. The smallest absolute Gasteiger partial charge is 0.160 e. The Hall–Kier alpha value is -11.6. The number of terminal acetylenes is 2. The van der Waals surface area contributed by atoms with Gasteiger partial charge >= 0.3 is 0 Å². The number of dihydropyridines is 1. The van der Waals surface area contributed by atoms with Crippen LogP contribution in [0.5, 0.6) is 0 Å². The number of allylic oxidation sites excluding steroid dienone is 11. The minimum Gasteiger partial charge on any atom is -0.496 e. The maximum atomic E-state index is 10.5. The van der Waals surface area contributed by atoms with Gasteiger partial charge in [0.25, 0.3) is 0 Å². The van der Waals surface area contributed by atoms with Crippen molar-refractivity contribution >= 4 is 46.3 Å². The van der Waals surface area contributed by atoms with Crippen LogP contribution < -0.4 is 74.4 Å². The average molecular weight is 1300 g/mol. The molecule has 0 radical (unpaired) electrons. The summed E-state index contributed by atoms with van der Waals surface area (Å²) in [7, 11) is -0.864. The van der Waals surface area contributed by atoms with Crippen molar-refractivity contribution in [2.24, 2.45) is 4.99 Å². The van der Waals surface area contributed by atoms with Crippen LogP contribution in [0.4, 0.5) is 0 Å². The Labute approximate surface area is 556 Å². The summed E-state index contributed by atoms with van der Waals surface area (Å²) in [6, 6.07) is 3.89. The molecule has 0 aromatic carbocycles. The van der Waals surface area contributed by atoms with Crippen LogP contribution in [0.15, 0.2) is 334 Å². The van der Waals surface area contributed by atoms with E-state index in [9.17, 15) is 9.00 Å². The van der Waals surface area contributed by atoms with Gasteiger partial charge in [-0.3, -0.25) is 14.0 Å². The van der Waals surface area contributed by atoms with Crippen molar-refractivity contribution in [2.75, 3.05) is 18.9 Å². The van der Waals surface area contributed by atoms with E-state index in [0.29, 0.717) is 13.0 Å². The van der Waals surface area contributed by atoms with Gasteiger partial charge in [-0.1, -0.05) is 48.6 Å². The second-order valence-electron chi connectivity index (χ2n) is 15.8. The molecule has 92 heavy (non-hydrogen) atoms. The van der Waals surface area contributed by atoms with Gasteiger partial charge < -0.3 is 88.9 Å². The molecule has 0 saturated heterocycles. The van der Waals surface area contributed by atoms with E-state index < -0.39 is 10.8 Å². The van der Waals surface area contributed by atoms with E-state index in [2.05, 4.69) is 143 Å². The molecule has 0 bridgehead atoms. The summed E-state index contributed by atoms with van der Waals surface area (Å²) in [6.45, 7) is 1.59. The lowest BCUT2D eigenvalue weighted by molar-refractivity contribution is -0.113.